The van der Waals surface area contributed by atoms with E-state index in [0.29, 0.717) is 12.3 Å². The third-order valence-corrected chi connectivity index (χ3v) is 5.67. The van der Waals surface area contributed by atoms with E-state index in [4.69, 9.17) is 0 Å². The summed E-state index contributed by atoms with van der Waals surface area (Å²) in [5, 5.41) is 13.3. The van der Waals surface area contributed by atoms with Crippen molar-refractivity contribution >= 4 is 11.6 Å². The molecule has 1 heterocycles. The summed E-state index contributed by atoms with van der Waals surface area (Å²) in [4.78, 5) is 17.0. The molecule has 0 bridgehead atoms. The van der Waals surface area contributed by atoms with Gasteiger partial charge in [-0.1, -0.05) is 36.4 Å². The average molecular weight is 365 g/mol. The van der Waals surface area contributed by atoms with Crippen LogP contribution < -0.4 is 10.2 Å². The zero-order valence-electron chi connectivity index (χ0n) is 15.6. The van der Waals surface area contributed by atoms with Crippen molar-refractivity contribution in [2.75, 3.05) is 37.6 Å². The van der Waals surface area contributed by atoms with E-state index in [1.165, 1.54) is 11.1 Å². The first kappa shape index (κ1) is 17.9. The molecule has 5 heteroatoms. The van der Waals surface area contributed by atoms with Crippen LogP contribution in [0.5, 0.6) is 5.75 Å². The van der Waals surface area contributed by atoms with Crippen LogP contribution in [0, 0.1) is 0 Å². The van der Waals surface area contributed by atoms with Crippen LogP contribution in [-0.2, 0) is 11.2 Å². The number of phenols is 1. The molecular formula is C22H27N3O2. The number of nitrogens with zero attached hydrogens (tertiary/aromatic N) is 2. The van der Waals surface area contributed by atoms with E-state index in [1.54, 1.807) is 6.07 Å². The summed E-state index contributed by atoms with van der Waals surface area (Å²) in [6.45, 7) is 3.72. The number of hydrogen-bond donors (Lipinski definition) is 2. The van der Waals surface area contributed by atoms with Gasteiger partial charge in [0.25, 0.3) is 0 Å². The Hall–Kier alpha value is -2.53. The van der Waals surface area contributed by atoms with Crippen LogP contribution in [0.15, 0.2) is 48.5 Å². The highest BCUT2D eigenvalue weighted by Crippen LogP contribution is 2.29. The van der Waals surface area contributed by atoms with E-state index in [0.717, 1.165) is 51.1 Å². The topological polar surface area (TPSA) is 55.8 Å². The van der Waals surface area contributed by atoms with Crippen molar-refractivity contribution in [3.8, 4) is 5.75 Å². The molecule has 0 spiro atoms. The Bertz CT molecular complexity index is 800. The van der Waals surface area contributed by atoms with Crippen LogP contribution in [-0.4, -0.2) is 48.6 Å². The number of anilines is 1. The molecule has 0 unspecified atom stereocenters. The summed E-state index contributed by atoms with van der Waals surface area (Å²) in [6, 6.07) is 16.0. The highest BCUT2D eigenvalue weighted by atomic mass is 16.3. The third-order valence-electron chi connectivity index (χ3n) is 5.67. The van der Waals surface area contributed by atoms with E-state index in [-0.39, 0.29) is 11.9 Å². The number of aromatic hydroxyl groups is 1. The first-order valence-corrected chi connectivity index (χ1v) is 9.83. The van der Waals surface area contributed by atoms with Crippen molar-refractivity contribution in [2.45, 2.75) is 25.3 Å². The largest absolute Gasteiger partial charge is 0.506 e. The Labute approximate surface area is 160 Å². The summed E-state index contributed by atoms with van der Waals surface area (Å²) in [6.07, 6.45) is 3.25. The monoisotopic (exact) mass is 365 g/mol. The lowest BCUT2D eigenvalue weighted by molar-refractivity contribution is -0.123. The molecule has 2 N–H and O–H groups in total. The van der Waals surface area contributed by atoms with Crippen molar-refractivity contribution in [3.63, 3.8) is 0 Å². The smallest absolute Gasteiger partial charge is 0.234 e. The quantitative estimate of drug-likeness (QED) is 0.875. The molecule has 4 rings (SSSR count). The Kier molecular flexibility index (Phi) is 5.30. The van der Waals surface area contributed by atoms with E-state index in [2.05, 4.69) is 39.4 Å². The molecule has 5 nitrogen and oxygen atoms in total. The lowest BCUT2D eigenvalue weighted by Crippen LogP contribution is -2.50. The van der Waals surface area contributed by atoms with Crippen molar-refractivity contribution < 1.29 is 9.90 Å². The number of piperazine rings is 1. The molecule has 0 radical (unpaired) electrons. The number of benzene rings is 2. The molecule has 1 aliphatic carbocycles. The second kappa shape index (κ2) is 8.01. The number of amides is 1. The number of para-hydroxylation sites is 2. The van der Waals surface area contributed by atoms with E-state index >= 15 is 0 Å². The number of carbonyl (C=O) groups excluding carboxylic acids is 1. The third kappa shape index (κ3) is 4.08. The van der Waals surface area contributed by atoms with Gasteiger partial charge in [-0.05, 0) is 42.5 Å². The molecule has 1 aliphatic heterocycles. The van der Waals surface area contributed by atoms with Gasteiger partial charge < -0.3 is 15.3 Å². The minimum absolute atomic E-state index is 0.104. The number of hydrogen-bond acceptors (Lipinski definition) is 4. The summed E-state index contributed by atoms with van der Waals surface area (Å²) in [5.74, 6) is 0.423. The summed E-state index contributed by atoms with van der Waals surface area (Å²) in [5.41, 5.74) is 3.52. The van der Waals surface area contributed by atoms with Crippen molar-refractivity contribution in [3.05, 3.63) is 59.7 Å². The van der Waals surface area contributed by atoms with Crippen molar-refractivity contribution in [2.24, 2.45) is 0 Å². The molecule has 0 saturated carbocycles. The van der Waals surface area contributed by atoms with Crippen LogP contribution >= 0.6 is 0 Å². The zero-order valence-corrected chi connectivity index (χ0v) is 15.6. The van der Waals surface area contributed by atoms with Crippen LogP contribution in [0.4, 0.5) is 5.69 Å². The fourth-order valence-corrected chi connectivity index (χ4v) is 4.23. The molecule has 27 heavy (non-hydrogen) atoms. The zero-order chi connectivity index (χ0) is 18.6. The van der Waals surface area contributed by atoms with Gasteiger partial charge in [0.2, 0.25) is 5.91 Å². The summed E-state index contributed by atoms with van der Waals surface area (Å²) in [7, 11) is 0. The van der Waals surface area contributed by atoms with Gasteiger partial charge in [-0.15, -0.1) is 0 Å². The SMILES string of the molecule is O=C(CN1CCN(c2ccccc2O)CC1)N[C@H]1CCCc2ccccc21. The lowest BCUT2D eigenvalue weighted by Gasteiger charge is -2.36. The van der Waals surface area contributed by atoms with Gasteiger partial charge in [-0.3, -0.25) is 9.69 Å². The Morgan fingerprint density at radius 3 is 2.59 bits per heavy atom. The maximum atomic E-state index is 12.6. The molecule has 1 atom stereocenters. The van der Waals surface area contributed by atoms with Gasteiger partial charge >= 0.3 is 0 Å². The average Bonchev–Trinajstić information content (AvgIpc) is 2.69. The Morgan fingerprint density at radius 1 is 1.04 bits per heavy atom. The molecule has 142 valence electrons. The lowest BCUT2D eigenvalue weighted by atomic mass is 9.88. The molecule has 1 fully saturated rings. The number of fused-ring (bicyclic) bond motifs is 1. The molecule has 0 aromatic heterocycles. The molecule has 2 aromatic carbocycles. The number of carbonyl (C=O) groups is 1. The molecular weight excluding hydrogens is 338 g/mol. The summed E-state index contributed by atoms with van der Waals surface area (Å²) >= 11 is 0. The second-order valence-electron chi connectivity index (χ2n) is 7.46. The molecule has 1 saturated heterocycles. The van der Waals surface area contributed by atoms with Crippen LogP contribution in [0.1, 0.15) is 30.0 Å². The number of rotatable bonds is 4. The Morgan fingerprint density at radius 2 is 1.78 bits per heavy atom. The first-order valence-electron chi connectivity index (χ1n) is 9.83. The first-order chi connectivity index (χ1) is 13.2. The fourth-order valence-electron chi connectivity index (χ4n) is 4.23. The maximum Gasteiger partial charge on any atom is 0.234 e. The van der Waals surface area contributed by atoms with Gasteiger partial charge in [0.05, 0.1) is 18.3 Å². The van der Waals surface area contributed by atoms with E-state index in [9.17, 15) is 9.90 Å². The van der Waals surface area contributed by atoms with E-state index in [1.807, 2.05) is 18.2 Å². The Balaban J connectivity index is 1.30. The van der Waals surface area contributed by atoms with Crippen molar-refractivity contribution in [1.29, 1.82) is 0 Å². The molecule has 2 aromatic rings. The van der Waals surface area contributed by atoms with Crippen molar-refractivity contribution in [1.82, 2.24) is 10.2 Å². The normalized spacial score (nSPS) is 20.1. The van der Waals surface area contributed by atoms with Gasteiger partial charge in [-0.25, -0.2) is 0 Å². The number of aryl methyl sites for hydroxylation is 1. The number of phenolic OH excluding ortho intramolecular Hbond substituents is 1. The molecule has 1 amide bonds. The van der Waals surface area contributed by atoms with Gasteiger partial charge in [-0.2, -0.15) is 0 Å². The van der Waals surface area contributed by atoms with Gasteiger partial charge in [0, 0.05) is 26.2 Å². The van der Waals surface area contributed by atoms with Gasteiger partial charge in [0.1, 0.15) is 5.75 Å². The molecule has 2 aliphatic rings. The van der Waals surface area contributed by atoms with Gasteiger partial charge in [0.15, 0.2) is 0 Å². The standard InChI is InChI=1S/C22H27N3O2/c26-21-11-4-3-10-20(21)25-14-12-24(13-15-25)16-22(27)23-19-9-5-7-17-6-1-2-8-18(17)19/h1-4,6,8,10-11,19,26H,5,7,9,12-16H2,(H,23,27)/t19-/m0/s1. The predicted molar refractivity (Wildman–Crippen MR) is 107 cm³/mol. The van der Waals surface area contributed by atoms with Crippen LogP contribution in [0.25, 0.3) is 0 Å². The highest BCUT2D eigenvalue weighted by Gasteiger charge is 2.24. The minimum Gasteiger partial charge on any atom is -0.506 e. The highest BCUT2D eigenvalue weighted by molar-refractivity contribution is 5.78. The number of nitrogens with one attached hydrogen (secondary N) is 1. The van der Waals surface area contributed by atoms with Crippen LogP contribution in [0.3, 0.4) is 0 Å². The van der Waals surface area contributed by atoms with E-state index < -0.39 is 0 Å². The summed E-state index contributed by atoms with van der Waals surface area (Å²) < 4.78 is 0. The second-order valence-corrected chi connectivity index (χ2v) is 7.46. The predicted octanol–water partition coefficient (Wildman–Crippen LogP) is 2.71. The minimum atomic E-state index is 0.104. The van der Waals surface area contributed by atoms with Crippen LogP contribution in [0.2, 0.25) is 0 Å². The fraction of sp³-hybridized carbons (Fsp3) is 0.409. The maximum absolute atomic E-state index is 12.6.